The highest BCUT2D eigenvalue weighted by molar-refractivity contribution is 5.85. The maximum atomic E-state index is 11.2. The van der Waals surface area contributed by atoms with Crippen molar-refractivity contribution in [2.75, 3.05) is 26.2 Å². The van der Waals surface area contributed by atoms with Gasteiger partial charge >= 0.3 is 0 Å². The predicted octanol–water partition coefficient (Wildman–Crippen LogP) is -0.373. The molecule has 76 valence electrons. The van der Waals surface area contributed by atoms with E-state index in [2.05, 4.69) is 5.32 Å². The van der Waals surface area contributed by atoms with Crippen LogP contribution < -0.4 is 5.32 Å². The van der Waals surface area contributed by atoms with Gasteiger partial charge in [0, 0.05) is 26.6 Å². The second-order valence-corrected chi connectivity index (χ2v) is 3.35. The molecular weight excluding hydrogens is 192 g/mol. The lowest BCUT2D eigenvalue weighted by Gasteiger charge is -2.36. The lowest BCUT2D eigenvalue weighted by molar-refractivity contribution is -0.140. The van der Waals surface area contributed by atoms with Crippen molar-refractivity contribution >= 4 is 18.3 Å². The van der Waals surface area contributed by atoms with Crippen LogP contribution in [0.25, 0.3) is 0 Å². The third-order valence-electron chi connectivity index (χ3n) is 2.60. The Bertz CT molecular complexity index is 201. The third kappa shape index (κ3) is 1.95. The van der Waals surface area contributed by atoms with Crippen molar-refractivity contribution in [1.29, 1.82) is 0 Å². The molecule has 5 heteroatoms. The quantitative estimate of drug-likeness (QED) is 0.588. The van der Waals surface area contributed by atoms with Crippen LogP contribution in [-0.2, 0) is 9.53 Å². The molecule has 0 aromatic rings. The first kappa shape index (κ1) is 10.8. The molecule has 2 aliphatic rings. The SMILES string of the molecule is CC(=O)N1CCOC2CNCC21.Cl. The second kappa shape index (κ2) is 4.26. The zero-order valence-corrected chi connectivity index (χ0v) is 8.47. The molecule has 0 aromatic heterocycles. The van der Waals surface area contributed by atoms with Crippen molar-refractivity contribution in [3.63, 3.8) is 0 Å². The molecule has 2 saturated heterocycles. The first-order chi connectivity index (χ1) is 5.79. The van der Waals surface area contributed by atoms with E-state index in [0.29, 0.717) is 6.61 Å². The Morgan fingerprint density at radius 2 is 2.31 bits per heavy atom. The molecule has 1 N–H and O–H groups in total. The van der Waals surface area contributed by atoms with Crippen molar-refractivity contribution in [2.24, 2.45) is 0 Å². The van der Waals surface area contributed by atoms with Crippen LogP contribution in [0.3, 0.4) is 0 Å². The number of morpholine rings is 1. The normalized spacial score (nSPS) is 32.2. The summed E-state index contributed by atoms with van der Waals surface area (Å²) in [5, 5.41) is 3.23. The van der Waals surface area contributed by atoms with Crippen LogP contribution in [0.15, 0.2) is 0 Å². The van der Waals surface area contributed by atoms with Crippen molar-refractivity contribution in [3.05, 3.63) is 0 Å². The number of carbonyl (C=O) groups excluding carboxylic acids is 1. The van der Waals surface area contributed by atoms with Gasteiger partial charge in [0.2, 0.25) is 5.91 Å². The number of nitrogens with zero attached hydrogens (tertiary/aromatic N) is 1. The van der Waals surface area contributed by atoms with E-state index in [1.54, 1.807) is 6.92 Å². The van der Waals surface area contributed by atoms with E-state index in [1.165, 1.54) is 0 Å². The molecule has 0 saturated carbocycles. The number of rotatable bonds is 0. The molecule has 13 heavy (non-hydrogen) atoms. The molecule has 4 nitrogen and oxygen atoms in total. The molecule has 2 fully saturated rings. The van der Waals surface area contributed by atoms with Crippen molar-refractivity contribution in [2.45, 2.75) is 19.1 Å². The third-order valence-corrected chi connectivity index (χ3v) is 2.60. The van der Waals surface area contributed by atoms with Crippen LogP contribution in [-0.4, -0.2) is 49.2 Å². The summed E-state index contributed by atoms with van der Waals surface area (Å²) in [5.74, 6) is 0.164. The Balaban J connectivity index is 0.000000845. The highest BCUT2D eigenvalue weighted by Gasteiger charge is 2.36. The van der Waals surface area contributed by atoms with Gasteiger partial charge in [-0.2, -0.15) is 0 Å². The first-order valence-electron chi connectivity index (χ1n) is 4.38. The van der Waals surface area contributed by atoms with Gasteiger partial charge in [0.05, 0.1) is 18.8 Å². The molecule has 1 amide bonds. The summed E-state index contributed by atoms with van der Waals surface area (Å²) >= 11 is 0. The van der Waals surface area contributed by atoms with Crippen molar-refractivity contribution in [3.8, 4) is 0 Å². The molecule has 2 heterocycles. The standard InChI is InChI=1S/C8H14N2O2.ClH/c1-6(11)10-2-3-12-8-5-9-4-7(8)10;/h7-9H,2-5H2,1H3;1H. The Morgan fingerprint density at radius 3 is 3.00 bits per heavy atom. The zero-order valence-electron chi connectivity index (χ0n) is 7.66. The molecule has 2 rings (SSSR count). The molecule has 2 atom stereocenters. The lowest BCUT2D eigenvalue weighted by atomic mass is 10.1. The number of hydrogen-bond acceptors (Lipinski definition) is 3. The summed E-state index contributed by atoms with van der Waals surface area (Å²) < 4.78 is 5.53. The Labute approximate surface area is 84.0 Å². The van der Waals surface area contributed by atoms with E-state index in [-0.39, 0.29) is 30.5 Å². The summed E-state index contributed by atoms with van der Waals surface area (Å²) in [6, 6.07) is 0.274. The fourth-order valence-corrected chi connectivity index (χ4v) is 1.98. The van der Waals surface area contributed by atoms with Crippen LogP contribution in [0.5, 0.6) is 0 Å². The van der Waals surface area contributed by atoms with Gasteiger partial charge in [0.1, 0.15) is 0 Å². The maximum absolute atomic E-state index is 11.2. The van der Waals surface area contributed by atoms with E-state index >= 15 is 0 Å². The zero-order chi connectivity index (χ0) is 8.55. The molecule has 0 aliphatic carbocycles. The van der Waals surface area contributed by atoms with Crippen LogP contribution in [0.1, 0.15) is 6.92 Å². The molecule has 0 spiro atoms. The van der Waals surface area contributed by atoms with Crippen LogP contribution >= 0.6 is 12.4 Å². The number of fused-ring (bicyclic) bond motifs is 1. The van der Waals surface area contributed by atoms with Gasteiger partial charge in [-0.25, -0.2) is 0 Å². The van der Waals surface area contributed by atoms with Crippen LogP contribution in [0.2, 0.25) is 0 Å². The molecule has 2 unspecified atom stereocenters. The summed E-state index contributed by atoms with van der Waals surface area (Å²) in [6.45, 7) is 4.82. The van der Waals surface area contributed by atoms with E-state index in [1.807, 2.05) is 4.90 Å². The fraction of sp³-hybridized carbons (Fsp3) is 0.875. The molecule has 0 aromatic carbocycles. The highest BCUT2D eigenvalue weighted by Crippen LogP contribution is 2.17. The van der Waals surface area contributed by atoms with Gasteiger partial charge < -0.3 is 15.0 Å². The van der Waals surface area contributed by atoms with Crippen molar-refractivity contribution in [1.82, 2.24) is 10.2 Å². The Morgan fingerprint density at radius 1 is 1.54 bits per heavy atom. The summed E-state index contributed by atoms with van der Waals surface area (Å²) in [4.78, 5) is 13.1. The highest BCUT2D eigenvalue weighted by atomic mass is 35.5. The number of nitrogens with one attached hydrogen (secondary N) is 1. The van der Waals surface area contributed by atoms with Gasteiger partial charge in [-0.1, -0.05) is 0 Å². The average molecular weight is 207 g/mol. The van der Waals surface area contributed by atoms with Gasteiger partial charge in [-0.15, -0.1) is 12.4 Å². The van der Waals surface area contributed by atoms with Crippen LogP contribution in [0, 0.1) is 0 Å². The second-order valence-electron chi connectivity index (χ2n) is 3.35. The number of amides is 1. The van der Waals surface area contributed by atoms with Gasteiger partial charge in [-0.05, 0) is 0 Å². The maximum Gasteiger partial charge on any atom is 0.219 e. The van der Waals surface area contributed by atoms with Gasteiger partial charge in [0.15, 0.2) is 0 Å². The van der Waals surface area contributed by atoms with Gasteiger partial charge in [-0.3, -0.25) is 4.79 Å². The first-order valence-corrected chi connectivity index (χ1v) is 4.38. The summed E-state index contributed by atoms with van der Waals surface area (Å²) in [6.07, 6.45) is 0.225. The topological polar surface area (TPSA) is 41.6 Å². The number of halogens is 1. The predicted molar refractivity (Wildman–Crippen MR) is 51.0 cm³/mol. The minimum absolute atomic E-state index is 0. The smallest absolute Gasteiger partial charge is 0.219 e. The summed E-state index contributed by atoms with van der Waals surface area (Å²) in [5.41, 5.74) is 0. The lowest BCUT2D eigenvalue weighted by Crippen LogP contribution is -2.52. The minimum atomic E-state index is 0. The van der Waals surface area contributed by atoms with E-state index in [9.17, 15) is 4.79 Å². The summed E-state index contributed by atoms with van der Waals surface area (Å²) in [7, 11) is 0. The molecular formula is C8H15ClN2O2. The molecule has 0 bridgehead atoms. The average Bonchev–Trinajstić information content (AvgIpc) is 2.49. The number of ether oxygens (including phenoxy) is 1. The van der Waals surface area contributed by atoms with Gasteiger partial charge in [0.25, 0.3) is 0 Å². The molecule has 0 radical (unpaired) electrons. The fourth-order valence-electron chi connectivity index (χ4n) is 1.98. The van der Waals surface area contributed by atoms with E-state index in [4.69, 9.17) is 4.74 Å². The molecule has 2 aliphatic heterocycles. The van der Waals surface area contributed by atoms with Crippen molar-refractivity contribution < 1.29 is 9.53 Å². The van der Waals surface area contributed by atoms with E-state index in [0.717, 1.165) is 19.6 Å². The van der Waals surface area contributed by atoms with E-state index < -0.39 is 0 Å². The monoisotopic (exact) mass is 206 g/mol. The Hall–Kier alpha value is -0.320. The largest absolute Gasteiger partial charge is 0.373 e. The van der Waals surface area contributed by atoms with Crippen LogP contribution in [0.4, 0.5) is 0 Å². The number of carbonyl (C=O) groups is 1. The Kier molecular flexibility index (Phi) is 3.53. The number of hydrogen-bond donors (Lipinski definition) is 1. The minimum Gasteiger partial charge on any atom is -0.373 e.